The summed E-state index contributed by atoms with van der Waals surface area (Å²) in [5, 5.41) is 8.86. The number of nitrogens with zero attached hydrogens (tertiary/aromatic N) is 1. The van der Waals surface area contributed by atoms with Gasteiger partial charge in [0.15, 0.2) is 0 Å². The first-order valence-corrected chi connectivity index (χ1v) is 4.81. The number of carbonyl (C=O) groups excluding carboxylic acids is 1. The summed E-state index contributed by atoms with van der Waals surface area (Å²) in [5.41, 5.74) is 0. The van der Waals surface area contributed by atoms with E-state index >= 15 is 0 Å². The SMILES string of the molecule is [B]C[C@@H](C)C(=O)N1CCC[C@@H]1C(=O)O. The van der Waals surface area contributed by atoms with Gasteiger partial charge >= 0.3 is 5.97 Å². The third-order valence-corrected chi connectivity index (χ3v) is 2.60. The number of carboxylic acid groups (broad SMARTS) is 1. The molecule has 1 fully saturated rings. The summed E-state index contributed by atoms with van der Waals surface area (Å²) >= 11 is 0. The van der Waals surface area contributed by atoms with Crippen LogP contribution in [-0.4, -0.2) is 42.3 Å². The average molecular weight is 195 g/mol. The summed E-state index contributed by atoms with van der Waals surface area (Å²) in [7, 11) is 5.37. The van der Waals surface area contributed by atoms with E-state index in [9.17, 15) is 9.59 Å². The molecule has 1 saturated heterocycles. The van der Waals surface area contributed by atoms with E-state index in [1.807, 2.05) is 0 Å². The molecule has 1 aliphatic rings. The Morgan fingerprint density at radius 2 is 2.29 bits per heavy atom. The van der Waals surface area contributed by atoms with Gasteiger partial charge in [0.2, 0.25) is 5.91 Å². The normalized spacial score (nSPS) is 23.5. The van der Waals surface area contributed by atoms with Gasteiger partial charge in [0, 0.05) is 12.5 Å². The first kappa shape index (κ1) is 11.1. The third-order valence-electron chi connectivity index (χ3n) is 2.60. The fourth-order valence-electron chi connectivity index (χ4n) is 1.67. The van der Waals surface area contributed by atoms with Gasteiger partial charge in [0.25, 0.3) is 0 Å². The maximum absolute atomic E-state index is 11.7. The number of hydrogen-bond acceptors (Lipinski definition) is 2. The quantitative estimate of drug-likeness (QED) is 0.658. The van der Waals surface area contributed by atoms with Gasteiger partial charge in [-0.15, -0.1) is 0 Å². The standard InChI is InChI=1S/C9H14BNO3/c1-6(5-10)8(12)11-4-2-3-7(11)9(13)14/h6-7H,2-5H2,1H3,(H,13,14)/t6-,7-/m1/s1. The maximum atomic E-state index is 11.7. The molecular weight excluding hydrogens is 181 g/mol. The maximum Gasteiger partial charge on any atom is 0.326 e. The molecule has 0 bridgehead atoms. The Hall–Kier alpha value is -0.995. The molecule has 0 saturated carbocycles. The lowest BCUT2D eigenvalue weighted by Gasteiger charge is -2.24. The molecule has 0 spiro atoms. The molecule has 0 aromatic rings. The van der Waals surface area contributed by atoms with E-state index in [1.165, 1.54) is 4.90 Å². The van der Waals surface area contributed by atoms with Crippen LogP contribution in [0.25, 0.3) is 0 Å². The van der Waals surface area contributed by atoms with E-state index < -0.39 is 12.0 Å². The highest BCUT2D eigenvalue weighted by Crippen LogP contribution is 2.20. The second-order valence-electron chi connectivity index (χ2n) is 3.66. The monoisotopic (exact) mass is 195 g/mol. The van der Waals surface area contributed by atoms with E-state index in [0.717, 1.165) is 6.42 Å². The van der Waals surface area contributed by atoms with E-state index in [4.69, 9.17) is 13.0 Å². The summed E-state index contributed by atoms with van der Waals surface area (Å²) in [6.07, 6.45) is 1.58. The summed E-state index contributed by atoms with van der Waals surface area (Å²) in [6.45, 7) is 2.26. The summed E-state index contributed by atoms with van der Waals surface area (Å²) in [5.74, 6) is -1.34. The number of carbonyl (C=O) groups is 2. The van der Waals surface area contributed by atoms with Gasteiger partial charge < -0.3 is 10.0 Å². The molecule has 0 unspecified atom stereocenters. The minimum Gasteiger partial charge on any atom is -0.480 e. The Labute approximate surface area is 84.7 Å². The lowest BCUT2D eigenvalue weighted by Crippen LogP contribution is -2.42. The van der Waals surface area contributed by atoms with Gasteiger partial charge in [-0.2, -0.15) is 0 Å². The van der Waals surface area contributed by atoms with Crippen LogP contribution < -0.4 is 0 Å². The van der Waals surface area contributed by atoms with E-state index in [0.29, 0.717) is 13.0 Å². The Morgan fingerprint density at radius 1 is 1.64 bits per heavy atom. The number of amides is 1. The fourth-order valence-corrected chi connectivity index (χ4v) is 1.67. The number of rotatable bonds is 3. The highest BCUT2D eigenvalue weighted by molar-refractivity contribution is 6.10. The van der Waals surface area contributed by atoms with Gasteiger partial charge in [-0.05, 0) is 12.8 Å². The zero-order valence-corrected chi connectivity index (χ0v) is 8.27. The van der Waals surface area contributed by atoms with Crippen LogP contribution >= 0.6 is 0 Å². The molecule has 0 aromatic carbocycles. The summed E-state index contributed by atoms with van der Waals surface area (Å²) in [6, 6.07) is -0.642. The van der Waals surface area contributed by atoms with E-state index in [-0.39, 0.29) is 18.1 Å². The Bertz CT molecular complexity index is 244. The van der Waals surface area contributed by atoms with Crippen molar-refractivity contribution < 1.29 is 14.7 Å². The van der Waals surface area contributed by atoms with Crippen molar-refractivity contribution in [3.63, 3.8) is 0 Å². The molecule has 1 amide bonds. The molecule has 1 N–H and O–H groups in total. The predicted octanol–water partition coefficient (Wildman–Crippen LogP) is 0.285. The molecular formula is C9H14BNO3. The summed E-state index contributed by atoms with van der Waals surface area (Å²) in [4.78, 5) is 23.9. The first-order valence-electron chi connectivity index (χ1n) is 4.81. The van der Waals surface area contributed by atoms with Crippen molar-refractivity contribution >= 4 is 19.7 Å². The van der Waals surface area contributed by atoms with Crippen molar-refractivity contribution in [3.8, 4) is 0 Å². The first-order chi connectivity index (χ1) is 6.57. The topological polar surface area (TPSA) is 57.6 Å². The van der Waals surface area contributed by atoms with E-state index in [1.54, 1.807) is 6.92 Å². The zero-order valence-electron chi connectivity index (χ0n) is 8.27. The van der Waals surface area contributed by atoms with Crippen LogP contribution in [0, 0.1) is 5.92 Å². The molecule has 0 aliphatic carbocycles. The summed E-state index contributed by atoms with van der Waals surface area (Å²) < 4.78 is 0. The van der Waals surface area contributed by atoms with Gasteiger partial charge in [-0.1, -0.05) is 13.2 Å². The van der Waals surface area contributed by atoms with Crippen LogP contribution in [0.2, 0.25) is 6.32 Å². The Balaban J connectivity index is 2.67. The van der Waals surface area contributed by atoms with Crippen LogP contribution in [0.15, 0.2) is 0 Å². The van der Waals surface area contributed by atoms with Crippen molar-refractivity contribution in [2.24, 2.45) is 5.92 Å². The zero-order chi connectivity index (χ0) is 10.7. The van der Waals surface area contributed by atoms with Gasteiger partial charge in [0.1, 0.15) is 6.04 Å². The molecule has 2 atom stereocenters. The van der Waals surface area contributed by atoms with Crippen molar-refractivity contribution in [1.29, 1.82) is 0 Å². The van der Waals surface area contributed by atoms with Crippen LogP contribution in [0.3, 0.4) is 0 Å². The Morgan fingerprint density at radius 3 is 2.79 bits per heavy atom. The largest absolute Gasteiger partial charge is 0.480 e. The second-order valence-corrected chi connectivity index (χ2v) is 3.66. The number of hydrogen-bond donors (Lipinski definition) is 1. The third kappa shape index (κ3) is 2.08. The van der Waals surface area contributed by atoms with Crippen LogP contribution in [0.1, 0.15) is 19.8 Å². The van der Waals surface area contributed by atoms with Gasteiger partial charge in [-0.25, -0.2) is 4.79 Å². The van der Waals surface area contributed by atoms with E-state index in [2.05, 4.69) is 0 Å². The minimum absolute atomic E-state index is 0.141. The van der Waals surface area contributed by atoms with Crippen LogP contribution in [0.5, 0.6) is 0 Å². The molecule has 1 aliphatic heterocycles. The van der Waals surface area contributed by atoms with Crippen LogP contribution in [0.4, 0.5) is 0 Å². The van der Waals surface area contributed by atoms with Gasteiger partial charge in [0.05, 0.1) is 7.85 Å². The molecule has 14 heavy (non-hydrogen) atoms. The average Bonchev–Trinajstić information content (AvgIpc) is 2.63. The molecule has 1 heterocycles. The molecule has 5 heteroatoms. The van der Waals surface area contributed by atoms with Gasteiger partial charge in [-0.3, -0.25) is 4.79 Å². The van der Waals surface area contributed by atoms with Crippen molar-refractivity contribution in [2.45, 2.75) is 32.1 Å². The lowest BCUT2D eigenvalue weighted by atomic mass is 9.91. The highest BCUT2D eigenvalue weighted by Gasteiger charge is 2.35. The highest BCUT2D eigenvalue weighted by atomic mass is 16.4. The molecule has 2 radical (unpaired) electrons. The minimum atomic E-state index is -0.917. The molecule has 1 rings (SSSR count). The molecule has 76 valence electrons. The molecule has 4 nitrogen and oxygen atoms in total. The fraction of sp³-hybridized carbons (Fsp3) is 0.778. The Kier molecular flexibility index (Phi) is 3.55. The number of aliphatic carboxylic acids is 1. The van der Waals surface area contributed by atoms with Crippen molar-refractivity contribution in [3.05, 3.63) is 0 Å². The smallest absolute Gasteiger partial charge is 0.326 e. The van der Waals surface area contributed by atoms with Crippen molar-refractivity contribution in [2.75, 3.05) is 6.54 Å². The van der Waals surface area contributed by atoms with Crippen LogP contribution in [-0.2, 0) is 9.59 Å². The molecule has 0 aromatic heterocycles. The predicted molar refractivity (Wildman–Crippen MR) is 52.1 cm³/mol. The second kappa shape index (κ2) is 4.48. The number of carboxylic acids is 1. The number of likely N-dealkylation sites (tertiary alicyclic amines) is 1. The lowest BCUT2D eigenvalue weighted by molar-refractivity contribution is -0.149. The van der Waals surface area contributed by atoms with Crippen molar-refractivity contribution in [1.82, 2.24) is 4.90 Å².